The molecule has 1 aromatic carbocycles. The molecule has 0 aliphatic heterocycles. The molecule has 2 heteroatoms. The largest absolute Gasteiger partial charge is 0.352 e. The molecule has 1 unspecified atom stereocenters. The van der Waals surface area contributed by atoms with Crippen LogP contribution in [0, 0.1) is 17.8 Å². The summed E-state index contributed by atoms with van der Waals surface area (Å²) >= 11 is 0. The zero-order valence-electron chi connectivity index (χ0n) is 10.8. The molecule has 1 atom stereocenters. The zero-order chi connectivity index (χ0) is 12.4. The Balaban J connectivity index is 1.56. The summed E-state index contributed by atoms with van der Waals surface area (Å²) in [6.07, 6.45) is 6.38. The zero-order valence-corrected chi connectivity index (χ0v) is 10.8. The van der Waals surface area contributed by atoms with E-state index in [1.54, 1.807) is 0 Å². The van der Waals surface area contributed by atoms with E-state index < -0.39 is 0 Å². The van der Waals surface area contributed by atoms with Crippen LogP contribution in [-0.2, 0) is 11.3 Å². The third-order valence-electron chi connectivity index (χ3n) is 4.69. The summed E-state index contributed by atoms with van der Waals surface area (Å²) in [5.74, 6) is 2.06. The van der Waals surface area contributed by atoms with Crippen molar-refractivity contribution in [2.75, 3.05) is 0 Å². The van der Waals surface area contributed by atoms with E-state index >= 15 is 0 Å². The molecule has 96 valence electrons. The Labute approximate surface area is 109 Å². The van der Waals surface area contributed by atoms with Gasteiger partial charge in [0.1, 0.15) is 0 Å². The molecule has 0 aromatic heterocycles. The number of nitrogens with one attached hydrogen (secondary N) is 1. The summed E-state index contributed by atoms with van der Waals surface area (Å²) in [7, 11) is 0. The highest BCUT2D eigenvalue weighted by molar-refractivity contribution is 5.79. The van der Waals surface area contributed by atoms with Crippen LogP contribution in [0.4, 0.5) is 0 Å². The molecule has 0 radical (unpaired) electrons. The first-order valence-corrected chi connectivity index (χ1v) is 7.14. The SMILES string of the molecule is O=C(NCc1ccccc1)C1CC2CCC1CC2. The van der Waals surface area contributed by atoms with E-state index in [1.807, 2.05) is 18.2 Å². The lowest BCUT2D eigenvalue weighted by Gasteiger charge is -2.41. The topological polar surface area (TPSA) is 29.1 Å². The maximum Gasteiger partial charge on any atom is 0.223 e. The monoisotopic (exact) mass is 243 g/mol. The molecular formula is C16H21NO. The van der Waals surface area contributed by atoms with E-state index in [0.29, 0.717) is 18.4 Å². The van der Waals surface area contributed by atoms with Gasteiger partial charge in [-0.25, -0.2) is 0 Å². The first-order valence-electron chi connectivity index (χ1n) is 7.14. The normalized spacial score (nSPS) is 30.1. The van der Waals surface area contributed by atoms with Crippen LogP contribution in [0.15, 0.2) is 30.3 Å². The molecule has 1 amide bonds. The van der Waals surface area contributed by atoms with Crippen molar-refractivity contribution >= 4 is 5.91 Å². The summed E-state index contributed by atoms with van der Waals surface area (Å²) in [6, 6.07) is 10.2. The number of fused-ring (bicyclic) bond motifs is 3. The molecule has 3 saturated carbocycles. The Kier molecular flexibility index (Phi) is 3.35. The van der Waals surface area contributed by atoms with Gasteiger partial charge in [-0.05, 0) is 36.7 Å². The first-order chi connectivity index (χ1) is 8.83. The molecule has 2 bridgehead atoms. The van der Waals surface area contributed by atoms with Crippen LogP contribution < -0.4 is 5.32 Å². The quantitative estimate of drug-likeness (QED) is 0.868. The predicted octanol–water partition coefficient (Wildman–Crippen LogP) is 3.13. The molecule has 2 nitrogen and oxygen atoms in total. The Morgan fingerprint density at radius 1 is 1.11 bits per heavy atom. The fraction of sp³-hybridized carbons (Fsp3) is 0.562. The minimum Gasteiger partial charge on any atom is -0.352 e. The highest BCUT2D eigenvalue weighted by Gasteiger charge is 2.39. The number of amides is 1. The third-order valence-corrected chi connectivity index (χ3v) is 4.69. The lowest BCUT2D eigenvalue weighted by molar-refractivity contribution is -0.130. The van der Waals surface area contributed by atoms with Crippen LogP contribution in [0.5, 0.6) is 0 Å². The van der Waals surface area contributed by atoms with Crippen LogP contribution in [0.3, 0.4) is 0 Å². The first kappa shape index (κ1) is 11.8. The van der Waals surface area contributed by atoms with Crippen molar-refractivity contribution in [2.45, 2.75) is 38.6 Å². The van der Waals surface area contributed by atoms with E-state index in [2.05, 4.69) is 17.4 Å². The van der Waals surface area contributed by atoms with E-state index in [9.17, 15) is 4.79 Å². The molecule has 18 heavy (non-hydrogen) atoms. The number of rotatable bonds is 3. The van der Waals surface area contributed by atoms with Gasteiger partial charge in [0.25, 0.3) is 0 Å². The summed E-state index contributed by atoms with van der Waals surface area (Å²) < 4.78 is 0. The van der Waals surface area contributed by atoms with Gasteiger partial charge in [0.15, 0.2) is 0 Å². The highest BCUT2D eigenvalue weighted by Crippen LogP contribution is 2.44. The molecule has 1 aromatic rings. The molecule has 3 fully saturated rings. The number of carbonyl (C=O) groups is 1. The molecule has 1 N–H and O–H groups in total. The van der Waals surface area contributed by atoms with Crippen molar-refractivity contribution in [1.29, 1.82) is 0 Å². The summed E-state index contributed by atoms with van der Waals surface area (Å²) in [5.41, 5.74) is 1.19. The van der Waals surface area contributed by atoms with Gasteiger partial charge in [0.2, 0.25) is 5.91 Å². The Morgan fingerprint density at radius 2 is 1.83 bits per heavy atom. The highest BCUT2D eigenvalue weighted by atomic mass is 16.1. The second-order valence-corrected chi connectivity index (χ2v) is 5.83. The molecule has 0 saturated heterocycles. The van der Waals surface area contributed by atoms with E-state index in [4.69, 9.17) is 0 Å². The van der Waals surface area contributed by atoms with Gasteiger partial charge >= 0.3 is 0 Å². The lowest BCUT2D eigenvalue weighted by Crippen LogP contribution is -2.41. The van der Waals surface area contributed by atoms with E-state index in [-0.39, 0.29) is 5.91 Å². The maximum atomic E-state index is 12.3. The fourth-order valence-corrected chi connectivity index (χ4v) is 3.62. The average Bonchev–Trinajstić information content (AvgIpc) is 2.47. The fourth-order valence-electron chi connectivity index (χ4n) is 3.62. The van der Waals surface area contributed by atoms with Gasteiger partial charge in [0, 0.05) is 12.5 Å². The van der Waals surface area contributed by atoms with Gasteiger partial charge in [0.05, 0.1) is 0 Å². The summed E-state index contributed by atoms with van der Waals surface area (Å²) in [4.78, 5) is 12.3. The Morgan fingerprint density at radius 3 is 2.44 bits per heavy atom. The van der Waals surface area contributed by atoms with Crippen LogP contribution in [0.25, 0.3) is 0 Å². The average molecular weight is 243 g/mol. The molecular weight excluding hydrogens is 222 g/mol. The van der Waals surface area contributed by atoms with Gasteiger partial charge in [-0.2, -0.15) is 0 Å². The van der Waals surface area contributed by atoms with Gasteiger partial charge in [-0.1, -0.05) is 43.2 Å². The minimum absolute atomic E-state index is 0.285. The van der Waals surface area contributed by atoms with Gasteiger partial charge in [-0.3, -0.25) is 4.79 Å². The minimum atomic E-state index is 0.285. The van der Waals surface area contributed by atoms with Crippen molar-refractivity contribution in [3.63, 3.8) is 0 Å². The van der Waals surface area contributed by atoms with Crippen LogP contribution in [-0.4, -0.2) is 5.91 Å². The Bertz CT molecular complexity index is 406. The van der Waals surface area contributed by atoms with Crippen molar-refractivity contribution < 1.29 is 4.79 Å². The number of hydrogen-bond acceptors (Lipinski definition) is 1. The number of hydrogen-bond donors (Lipinski definition) is 1. The van der Waals surface area contributed by atoms with Crippen molar-refractivity contribution in [2.24, 2.45) is 17.8 Å². The second-order valence-electron chi connectivity index (χ2n) is 5.83. The molecule has 0 spiro atoms. The lowest BCUT2D eigenvalue weighted by atomic mass is 9.64. The van der Waals surface area contributed by atoms with Crippen molar-refractivity contribution in [1.82, 2.24) is 5.32 Å². The number of benzene rings is 1. The molecule has 0 heterocycles. The smallest absolute Gasteiger partial charge is 0.223 e. The van der Waals surface area contributed by atoms with Crippen LogP contribution >= 0.6 is 0 Å². The van der Waals surface area contributed by atoms with E-state index in [1.165, 1.54) is 31.2 Å². The van der Waals surface area contributed by atoms with Gasteiger partial charge in [-0.15, -0.1) is 0 Å². The van der Waals surface area contributed by atoms with E-state index in [0.717, 1.165) is 12.3 Å². The summed E-state index contributed by atoms with van der Waals surface area (Å²) in [5, 5.41) is 3.11. The van der Waals surface area contributed by atoms with Crippen LogP contribution in [0.2, 0.25) is 0 Å². The van der Waals surface area contributed by atoms with Crippen molar-refractivity contribution in [3.05, 3.63) is 35.9 Å². The van der Waals surface area contributed by atoms with Crippen molar-refractivity contribution in [3.8, 4) is 0 Å². The third kappa shape index (κ3) is 2.43. The molecule has 4 rings (SSSR count). The second kappa shape index (κ2) is 5.13. The number of carbonyl (C=O) groups excluding carboxylic acids is 1. The molecule has 3 aliphatic carbocycles. The van der Waals surface area contributed by atoms with Crippen LogP contribution in [0.1, 0.15) is 37.7 Å². The molecule has 3 aliphatic rings. The van der Waals surface area contributed by atoms with Gasteiger partial charge < -0.3 is 5.32 Å². The standard InChI is InChI=1S/C16H21NO/c18-16(17-11-13-4-2-1-3-5-13)15-10-12-6-8-14(15)9-7-12/h1-5,12,14-15H,6-11H2,(H,17,18). The maximum absolute atomic E-state index is 12.3. The predicted molar refractivity (Wildman–Crippen MR) is 71.8 cm³/mol. The Hall–Kier alpha value is -1.31. The summed E-state index contributed by atoms with van der Waals surface area (Å²) in [6.45, 7) is 0.674.